The summed E-state index contributed by atoms with van der Waals surface area (Å²) < 4.78 is 25.6. The first kappa shape index (κ1) is 18.9. The van der Waals surface area contributed by atoms with Crippen LogP contribution < -0.4 is 14.9 Å². The number of carbonyl (C=O) groups is 2. The average molecular weight is 387 g/mol. The summed E-state index contributed by atoms with van der Waals surface area (Å²) in [5.41, 5.74) is 1.57. The van der Waals surface area contributed by atoms with E-state index in [4.69, 9.17) is 0 Å². The van der Waals surface area contributed by atoms with E-state index in [9.17, 15) is 18.0 Å². The molecule has 3 rings (SSSR count). The van der Waals surface area contributed by atoms with Crippen molar-refractivity contribution < 1.29 is 18.0 Å². The number of para-hydroxylation sites is 1. The Kier molecular flexibility index (Phi) is 5.75. The molecule has 0 spiro atoms. The first-order chi connectivity index (χ1) is 13.0. The molecule has 1 heterocycles. The molecule has 1 aliphatic rings. The molecule has 2 aromatic carbocycles. The number of hydrogen-bond donors (Lipinski definition) is 2. The number of nitrogens with one attached hydrogen (secondary N) is 2. The molecule has 0 radical (unpaired) electrons. The fourth-order valence-corrected chi connectivity index (χ4v) is 4.49. The van der Waals surface area contributed by atoms with Gasteiger partial charge in [-0.15, -0.1) is 0 Å². The van der Waals surface area contributed by atoms with Crippen LogP contribution in [-0.2, 0) is 14.8 Å². The molecule has 0 unspecified atom stereocenters. The Bertz CT molecular complexity index is 912. The van der Waals surface area contributed by atoms with Gasteiger partial charge in [-0.05, 0) is 49.2 Å². The van der Waals surface area contributed by atoms with Gasteiger partial charge in [0.2, 0.25) is 15.9 Å². The Labute approximate surface area is 158 Å². The average Bonchev–Trinajstić information content (AvgIpc) is 2.67. The van der Waals surface area contributed by atoms with E-state index in [0.717, 1.165) is 6.42 Å². The Balaban J connectivity index is 1.57. The van der Waals surface area contributed by atoms with Crippen molar-refractivity contribution >= 4 is 33.2 Å². The second kappa shape index (κ2) is 8.22. The van der Waals surface area contributed by atoms with E-state index >= 15 is 0 Å². The standard InChI is InChI=1S/C19H21N3O4S/c23-18(21-16-6-2-1-3-7-16)14-20-19(24)15-8-10-17(11-9-15)22-12-4-5-13-27(22,25)26/h1-3,6-11H,4-5,12-14H2,(H,20,24)(H,21,23). The van der Waals surface area contributed by atoms with Gasteiger partial charge >= 0.3 is 0 Å². The highest BCUT2D eigenvalue weighted by Crippen LogP contribution is 2.23. The first-order valence-electron chi connectivity index (χ1n) is 8.69. The van der Waals surface area contributed by atoms with Crippen LogP contribution in [0.25, 0.3) is 0 Å². The predicted molar refractivity (Wildman–Crippen MR) is 104 cm³/mol. The lowest BCUT2D eigenvalue weighted by atomic mass is 10.2. The smallest absolute Gasteiger partial charge is 0.251 e. The molecule has 1 fully saturated rings. The van der Waals surface area contributed by atoms with Crippen LogP contribution in [0.5, 0.6) is 0 Å². The molecular formula is C19H21N3O4S. The monoisotopic (exact) mass is 387 g/mol. The molecule has 27 heavy (non-hydrogen) atoms. The summed E-state index contributed by atoms with van der Waals surface area (Å²) in [6.07, 6.45) is 1.49. The van der Waals surface area contributed by atoms with Gasteiger partial charge in [-0.25, -0.2) is 8.42 Å². The number of rotatable bonds is 5. The number of benzene rings is 2. The summed E-state index contributed by atoms with van der Waals surface area (Å²) in [4.78, 5) is 24.1. The summed E-state index contributed by atoms with van der Waals surface area (Å²) in [5.74, 6) is -0.581. The van der Waals surface area contributed by atoms with Crippen molar-refractivity contribution in [3.63, 3.8) is 0 Å². The van der Waals surface area contributed by atoms with Crippen LogP contribution in [0.2, 0.25) is 0 Å². The Morgan fingerprint density at radius 2 is 1.67 bits per heavy atom. The van der Waals surface area contributed by atoms with Gasteiger partial charge in [-0.3, -0.25) is 13.9 Å². The van der Waals surface area contributed by atoms with Crippen LogP contribution in [0.3, 0.4) is 0 Å². The minimum Gasteiger partial charge on any atom is -0.343 e. The SMILES string of the molecule is O=C(CNC(=O)c1ccc(N2CCCCS2(=O)=O)cc1)Nc1ccccc1. The number of sulfonamides is 1. The van der Waals surface area contributed by atoms with Crippen LogP contribution >= 0.6 is 0 Å². The molecule has 0 aliphatic carbocycles. The fourth-order valence-electron chi connectivity index (χ4n) is 2.85. The quantitative estimate of drug-likeness (QED) is 0.820. The summed E-state index contributed by atoms with van der Waals surface area (Å²) in [6.45, 7) is 0.295. The zero-order chi connectivity index (χ0) is 19.3. The minimum atomic E-state index is -3.28. The normalized spacial score (nSPS) is 15.8. The number of amides is 2. The van der Waals surface area contributed by atoms with E-state index < -0.39 is 15.9 Å². The van der Waals surface area contributed by atoms with Gasteiger partial charge in [0.25, 0.3) is 5.91 Å². The molecule has 8 heteroatoms. The predicted octanol–water partition coefficient (Wildman–Crippen LogP) is 1.99. The van der Waals surface area contributed by atoms with Crippen LogP contribution in [-0.4, -0.2) is 39.1 Å². The number of carbonyl (C=O) groups excluding carboxylic acids is 2. The molecule has 1 saturated heterocycles. The van der Waals surface area contributed by atoms with Gasteiger partial charge in [0, 0.05) is 17.8 Å². The fraction of sp³-hybridized carbons (Fsp3) is 0.263. The molecule has 2 amide bonds. The lowest BCUT2D eigenvalue weighted by molar-refractivity contribution is -0.115. The molecule has 142 valence electrons. The maximum atomic E-state index is 12.2. The maximum Gasteiger partial charge on any atom is 0.251 e. The maximum absolute atomic E-state index is 12.2. The van der Waals surface area contributed by atoms with Crippen molar-refractivity contribution in [1.82, 2.24) is 5.32 Å². The van der Waals surface area contributed by atoms with Crippen LogP contribution in [0, 0.1) is 0 Å². The van der Waals surface area contributed by atoms with E-state index in [2.05, 4.69) is 10.6 Å². The Morgan fingerprint density at radius 3 is 2.33 bits per heavy atom. The van der Waals surface area contributed by atoms with Crippen molar-refractivity contribution in [1.29, 1.82) is 0 Å². The van der Waals surface area contributed by atoms with Gasteiger partial charge < -0.3 is 10.6 Å². The van der Waals surface area contributed by atoms with Crippen molar-refractivity contribution in [2.24, 2.45) is 0 Å². The highest BCUT2D eigenvalue weighted by atomic mass is 32.2. The summed E-state index contributed by atoms with van der Waals surface area (Å²) in [6, 6.07) is 15.3. The lowest BCUT2D eigenvalue weighted by Crippen LogP contribution is -2.37. The second-order valence-corrected chi connectivity index (χ2v) is 8.25. The molecule has 7 nitrogen and oxygen atoms in total. The Hall–Kier alpha value is -2.87. The topological polar surface area (TPSA) is 95.6 Å². The molecule has 2 N–H and O–H groups in total. The van der Waals surface area contributed by atoms with Crippen molar-refractivity contribution in [3.05, 3.63) is 60.2 Å². The zero-order valence-corrected chi connectivity index (χ0v) is 15.5. The van der Waals surface area contributed by atoms with Crippen LogP contribution in [0.4, 0.5) is 11.4 Å². The van der Waals surface area contributed by atoms with E-state index in [1.54, 1.807) is 48.5 Å². The van der Waals surface area contributed by atoms with E-state index in [0.29, 0.717) is 29.9 Å². The summed E-state index contributed by atoms with van der Waals surface area (Å²) in [5, 5.41) is 5.23. The van der Waals surface area contributed by atoms with E-state index in [-0.39, 0.29) is 18.2 Å². The summed E-state index contributed by atoms with van der Waals surface area (Å²) >= 11 is 0. The van der Waals surface area contributed by atoms with Gasteiger partial charge in [0.1, 0.15) is 0 Å². The molecule has 0 saturated carbocycles. The van der Waals surface area contributed by atoms with Gasteiger partial charge in [-0.1, -0.05) is 18.2 Å². The zero-order valence-electron chi connectivity index (χ0n) is 14.7. The van der Waals surface area contributed by atoms with Gasteiger partial charge in [-0.2, -0.15) is 0 Å². The van der Waals surface area contributed by atoms with Gasteiger partial charge in [0.15, 0.2) is 0 Å². The second-order valence-electron chi connectivity index (χ2n) is 6.24. The minimum absolute atomic E-state index is 0.145. The highest BCUT2D eigenvalue weighted by molar-refractivity contribution is 7.92. The van der Waals surface area contributed by atoms with Crippen molar-refractivity contribution in [2.45, 2.75) is 12.8 Å². The van der Waals surface area contributed by atoms with Crippen molar-refractivity contribution in [2.75, 3.05) is 28.5 Å². The molecule has 0 aromatic heterocycles. The molecule has 1 aliphatic heterocycles. The van der Waals surface area contributed by atoms with Crippen molar-refractivity contribution in [3.8, 4) is 0 Å². The molecule has 0 bridgehead atoms. The number of nitrogens with zero attached hydrogens (tertiary/aromatic N) is 1. The third-order valence-corrected chi connectivity index (χ3v) is 6.10. The third kappa shape index (κ3) is 4.85. The number of anilines is 2. The Morgan fingerprint density at radius 1 is 0.963 bits per heavy atom. The lowest BCUT2D eigenvalue weighted by Gasteiger charge is -2.28. The highest BCUT2D eigenvalue weighted by Gasteiger charge is 2.26. The van der Waals surface area contributed by atoms with Crippen LogP contribution in [0.15, 0.2) is 54.6 Å². The first-order valence-corrected chi connectivity index (χ1v) is 10.3. The van der Waals surface area contributed by atoms with E-state index in [1.165, 1.54) is 4.31 Å². The molecular weight excluding hydrogens is 366 g/mol. The molecule has 2 aromatic rings. The van der Waals surface area contributed by atoms with E-state index in [1.807, 2.05) is 6.07 Å². The van der Waals surface area contributed by atoms with Gasteiger partial charge in [0.05, 0.1) is 18.0 Å². The van der Waals surface area contributed by atoms with Crippen LogP contribution in [0.1, 0.15) is 23.2 Å². The summed E-state index contributed by atoms with van der Waals surface area (Å²) in [7, 11) is -3.28. The largest absolute Gasteiger partial charge is 0.343 e. The molecule has 0 atom stereocenters. The third-order valence-electron chi connectivity index (χ3n) is 4.23. The number of hydrogen-bond acceptors (Lipinski definition) is 4.